The van der Waals surface area contributed by atoms with Gasteiger partial charge in [0.15, 0.2) is 0 Å². The van der Waals surface area contributed by atoms with Crippen LogP contribution in [0.3, 0.4) is 0 Å². The molecule has 0 radical (unpaired) electrons. The van der Waals surface area contributed by atoms with Crippen molar-refractivity contribution in [3.63, 3.8) is 0 Å². The topological polar surface area (TPSA) is 12.0 Å². The SMILES string of the molecule is Cc1ccc([C@@H]2CCN2)cc1C.Cl. The van der Waals surface area contributed by atoms with E-state index in [0.29, 0.717) is 6.04 Å². The second kappa shape index (κ2) is 4.12. The monoisotopic (exact) mass is 197 g/mol. The lowest BCUT2D eigenvalue weighted by atomic mass is 9.95. The maximum absolute atomic E-state index is 3.41. The highest BCUT2D eigenvalue weighted by atomic mass is 35.5. The summed E-state index contributed by atoms with van der Waals surface area (Å²) in [6.45, 7) is 5.52. The molecule has 0 bridgehead atoms. The van der Waals surface area contributed by atoms with Gasteiger partial charge in [-0.3, -0.25) is 0 Å². The highest BCUT2D eigenvalue weighted by Gasteiger charge is 2.17. The van der Waals surface area contributed by atoms with Crippen LogP contribution >= 0.6 is 12.4 Å². The smallest absolute Gasteiger partial charge is 0.0332 e. The van der Waals surface area contributed by atoms with Crippen LogP contribution in [0.1, 0.15) is 29.2 Å². The van der Waals surface area contributed by atoms with Gasteiger partial charge in [0.2, 0.25) is 0 Å². The van der Waals surface area contributed by atoms with E-state index in [1.165, 1.54) is 29.7 Å². The second-order valence-corrected chi connectivity index (χ2v) is 3.64. The van der Waals surface area contributed by atoms with Crippen molar-refractivity contribution >= 4 is 12.4 Å². The molecule has 13 heavy (non-hydrogen) atoms. The molecule has 0 spiro atoms. The molecule has 1 aliphatic heterocycles. The number of nitrogens with one attached hydrogen (secondary N) is 1. The number of rotatable bonds is 1. The lowest BCUT2D eigenvalue weighted by Gasteiger charge is -2.28. The van der Waals surface area contributed by atoms with Crippen molar-refractivity contribution in [1.29, 1.82) is 0 Å². The van der Waals surface area contributed by atoms with Crippen LogP contribution in [0.15, 0.2) is 18.2 Å². The minimum Gasteiger partial charge on any atom is -0.310 e. The third kappa shape index (κ3) is 2.04. The van der Waals surface area contributed by atoms with Crippen LogP contribution in [-0.2, 0) is 0 Å². The lowest BCUT2D eigenvalue weighted by Crippen LogP contribution is -2.34. The molecule has 1 fully saturated rings. The summed E-state index contributed by atoms with van der Waals surface area (Å²) in [6.07, 6.45) is 1.29. The van der Waals surface area contributed by atoms with Gasteiger partial charge < -0.3 is 5.32 Å². The summed E-state index contributed by atoms with van der Waals surface area (Å²) >= 11 is 0. The molecule has 0 amide bonds. The zero-order chi connectivity index (χ0) is 8.55. The lowest BCUT2D eigenvalue weighted by molar-refractivity contribution is 0.383. The van der Waals surface area contributed by atoms with Gasteiger partial charge in [0.25, 0.3) is 0 Å². The fourth-order valence-corrected chi connectivity index (χ4v) is 1.55. The number of halogens is 1. The summed E-state index contributed by atoms with van der Waals surface area (Å²) in [6, 6.07) is 7.38. The molecule has 72 valence electrons. The zero-order valence-corrected chi connectivity index (χ0v) is 8.95. The molecule has 1 aliphatic rings. The fourth-order valence-electron chi connectivity index (χ4n) is 1.55. The third-order valence-corrected chi connectivity index (χ3v) is 2.76. The summed E-state index contributed by atoms with van der Waals surface area (Å²) in [7, 11) is 0. The summed E-state index contributed by atoms with van der Waals surface area (Å²) in [5.74, 6) is 0. The summed E-state index contributed by atoms with van der Waals surface area (Å²) in [5.41, 5.74) is 4.24. The van der Waals surface area contributed by atoms with E-state index in [9.17, 15) is 0 Å². The van der Waals surface area contributed by atoms with Crippen molar-refractivity contribution in [3.05, 3.63) is 34.9 Å². The predicted molar refractivity (Wildman–Crippen MR) is 58.5 cm³/mol. The zero-order valence-electron chi connectivity index (χ0n) is 8.13. The molecule has 0 aliphatic carbocycles. The van der Waals surface area contributed by atoms with Crippen LogP contribution in [0.5, 0.6) is 0 Å². The first-order valence-electron chi connectivity index (χ1n) is 4.58. The van der Waals surface area contributed by atoms with Gasteiger partial charge in [-0.1, -0.05) is 18.2 Å². The molecule has 1 saturated heterocycles. The van der Waals surface area contributed by atoms with Gasteiger partial charge in [0.05, 0.1) is 0 Å². The van der Waals surface area contributed by atoms with Gasteiger partial charge in [0, 0.05) is 6.04 Å². The van der Waals surface area contributed by atoms with Crippen LogP contribution in [0, 0.1) is 13.8 Å². The van der Waals surface area contributed by atoms with Crippen molar-refractivity contribution in [2.75, 3.05) is 6.54 Å². The molecule has 1 atom stereocenters. The van der Waals surface area contributed by atoms with E-state index in [-0.39, 0.29) is 12.4 Å². The molecule has 0 unspecified atom stereocenters. The Morgan fingerprint density at radius 3 is 2.38 bits per heavy atom. The minimum atomic E-state index is 0. The molecule has 1 nitrogen and oxygen atoms in total. The highest BCUT2D eigenvalue weighted by Crippen LogP contribution is 2.24. The molecule has 1 aromatic carbocycles. The minimum absolute atomic E-state index is 0. The van der Waals surface area contributed by atoms with Crippen LogP contribution in [0.2, 0.25) is 0 Å². The number of hydrogen-bond donors (Lipinski definition) is 1. The number of aryl methyl sites for hydroxylation is 2. The Morgan fingerprint density at radius 2 is 1.92 bits per heavy atom. The van der Waals surface area contributed by atoms with E-state index >= 15 is 0 Å². The maximum atomic E-state index is 3.41. The summed E-state index contributed by atoms with van der Waals surface area (Å²) in [4.78, 5) is 0. The van der Waals surface area contributed by atoms with E-state index in [0.717, 1.165) is 0 Å². The largest absolute Gasteiger partial charge is 0.310 e. The highest BCUT2D eigenvalue weighted by molar-refractivity contribution is 5.85. The molecule has 2 heteroatoms. The van der Waals surface area contributed by atoms with Crippen LogP contribution in [0.25, 0.3) is 0 Å². The van der Waals surface area contributed by atoms with E-state index in [1.807, 2.05) is 0 Å². The van der Waals surface area contributed by atoms with Crippen LogP contribution in [-0.4, -0.2) is 6.54 Å². The Bertz CT molecular complexity index is 292. The maximum Gasteiger partial charge on any atom is 0.0332 e. The molecular formula is C11H16ClN. The van der Waals surface area contributed by atoms with Crippen molar-refractivity contribution in [3.8, 4) is 0 Å². The number of hydrogen-bond acceptors (Lipinski definition) is 1. The Balaban J connectivity index is 0.000000845. The van der Waals surface area contributed by atoms with E-state index < -0.39 is 0 Å². The van der Waals surface area contributed by atoms with Gasteiger partial charge in [-0.2, -0.15) is 0 Å². The average molecular weight is 198 g/mol. The Labute approximate surface area is 86.0 Å². The van der Waals surface area contributed by atoms with Gasteiger partial charge >= 0.3 is 0 Å². The molecule has 1 aromatic rings. The van der Waals surface area contributed by atoms with E-state index in [4.69, 9.17) is 0 Å². The first-order chi connectivity index (χ1) is 5.77. The first kappa shape index (κ1) is 10.6. The predicted octanol–water partition coefficient (Wildman–Crippen LogP) is 2.76. The molecular weight excluding hydrogens is 182 g/mol. The standard InChI is InChI=1S/C11H15N.ClH/c1-8-3-4-10(7-9(8)2)11-5-6-12-11;/h3-4,7,11-12H,5-6H2,1-2H3;1H/t11-;/m0./s1. The number of benzene rings is 1. The summed E-state index contributed by atoms with van der Waals surface area (Å²) < 4.78 is 0. The summed E-state index contributed by atoms with van der Waals surface area (Å²) in [5, 5.41) is 3.41. The van der Waals surface area contributed by atoms with Gasteiger partial charge in [0.1, 0.15) is 0 Å². The van der Waals surface area contributed by atoms with Crippen LogP contribution < -0.4 is 5.32 Å². The molecule has 0 saturated carbocycles. The van der Waals surface area contributed by atoms with E-state index in [2.05, 4.69) is 37.4 Å². The van der Waals surface area contributed by atoms with Gasteiger partial charge in [-0.05, 0) is 43.5 Å². The van der Waals surface area contributed by atoms with E-state index in [1.54, 1.807) is 0 Å². The Hall–Kier alpha value is -0.530. The van der Waals surface area contributed by atoms with Crippen molar-refractivity contribution in [2.45, 2.75) is 26.3 Å². The van der Waals surface area contributed by atoms with Gasteiger partial charge in [-0.15, -0.1) is 12.4 Å². The molecule has 1 heterocycles. The molecule has 2 rings (SSSR count). The average Bonchev–Trinajstić information content (AvgIpc) is 1.93. The van der Waals surface area contributed by atoms with Gasteiger partial charge in [-0.25, -0.2) is 0 Å². The quantitative estimate of drug-likeness (QED) is 0.730. The third-order valence-electron chi connectivity index (χ3n) is 2.76. The van der Waals surface area contributed by atoms with Crippen LogP contribution in [0.4, 0.5) is 0 Å². The molecule has 0 aromatic heterocycles. The Kier molecular flexibility index (Phi) is 3.34. The molecule has 1 N–H and O–H groups in total. The second-order valence-electron chi connectivity index (χ2n) is 3.64. The van der Waals surface area contributed by atoms with Crippen molar-refractivity contribution < 1.29 is 0 Å². The fraction of sp³-hybridized carbons (Fsp3) is 0.455. The normalized spacial score (nSPS) is 20.3. The Morgan fingerprint density at radius 1 is 1.23 bits per heavy atom. The first-order valence-corrected chi connectivity index (χ1v) is 4.58. The van der Waals surface area contributed by atoms with Crippen molar-refractivity contribution in [2.24, 2.45) is 0 Å². The van der Waals surface area contributed by atoms with Crippen molar-refractivity contribution in [1.82, 2.24) is 5.32 Å².